The van der Waals surface area contributed by atoms with Crippen LogP contribution in [-0.2, 0) is 4.12 Å². The molecule has 0 aliphatic carbocycles. The summed E-state index contributed by atoms with van der Waals surface area (Å²) in [5, 5.41) is 0. The molecule has 0 saturated heterocycles. The lowest BCUT2D eigenvalue weighted by atomic mass is 10.5. The van der Waals surface area contributed by atoms with Crippen molar-refractivity contribution in [1.82, 2.24) is 0 Å². The second-order valence-electron chi connectivity index (χ2n) is 4.91. The molecule has 0 radical (unpaired) electrons. The Morgan fingerprint density at radius 1 is 1.07 bits per heavy atom. The number of nitrogens with two attached hydrogens (primary N) is 1. The summed E-state index contributed by atoms with van der Waals surface area (Å²) >= 11 is 0. The highest BCUT2D eigenvalue weighted by Gasteiger charge is 2.33. The average Bonchev–Trinajstić information content (AvgIpc) is 2.14. The van der Waals surface area contributed by atoms with Gasteiger partial charge in [-0.2, -0.15) is 0 Å². The molecule has 14 heavy (non-hydrogen) atoms. The van der Waals surface area contributed by atoms with Crippen LogP contribution in [0.15, 0.2) is 0 Å². The van der Waals surface area contributed by atoms with Gasteiger partial charge in [-0.15, -0.1) is 0 Å². The first-order valence-corrected chi connectivity index (χ1v) is 11.7. The molecule has 0 aromatic carbocycles. The van der Waals surface area contributed by atoms with E-state index in [1.54, 1.807) is 0 Å². The minimum absolute atomic E-state index is 0.806. The maximum Gasteiger partial charge on any atom is 0.176 e. The van der Waals surface area contributed by atoms with Gasteiger partial charge >= 0.3 is 0 Å². The molecule has 0 aromatic heterocycles. The van der Waals surface area contributed by atoms with Crippen LogP contribution in [0.3, 0.4) is 0 Å². The molecular weight excluding hydrogens is 206 g/mol. The standard InChI is InChI=1S/C10H27NOSi2/c1-6-13(3,4)12-14(5,7-2)10-8-9-11/h6-11H2,1-5H3. The Bertz CT molecular complexity index is 164. The number of rotatable bonds is 7. The van der Waals surface area contributed by atoms with E-state index < -0.39 is 16.6 Å². The first-order valence-electron chi connectivity index (χ1n) is 5.79. The fourth-order valence-corrected chi connectivity index (χ4v) is 9.72. The predicted octanol–water partition coefficient (Wildman–Crippen LogP) is 3.17. The molecule has 2 nitrogen and oxygen atoms in total. The normalized spacial score (nSPS) is 16.7. The van der Waals surface area contributed by atoms with E-state index in [0.29, 0.717) is 0 Å². The van der Waals surface area contributed by atoms with Crippen molar-refractivity contribution in [2.45, 2.75) is 58.0 Å². The molecule has 1 unspecified atom stereocenters. The van der Waals surface area contributed by atoms with Crippen LogP contribution < -0.4 is 5.73 Å². The Labute approximate surface area is 91.5 Å². The zero-order chi connectivity index (χ0) is 11.2. The topological polar surface area (TPSA) is 35.2 Å². The van der Waals surface area contributed by atoms with Crippen LogP contribution in [-0.4, -0.2) is 23.2 Å². The fourth-order valence-electron chi connectivity index (χ4n) is 1.52. The minimum Gasteiger partial charge on any atom is -0.455 e. The molecule has 0 spiro atoms. The molecule has 0 heterocycles. The molecule has 1 atom stereocenters. The first-order chi connectivity index (χ1) is 6.39. The molecule has 0 aliphatic rings. The van der Waals surface area contributed by atoms with Gasteiger partial charge in [0.05, 0.1) is 0 Å². The van der Waals surface area contributed by atoms with Crippen LogP contribution in [0.4, 0.5) is 0 Å². The number of hydrogen-bond acceptors (Lipinski definition) is 2. The van der Waals surface area contributed by atoms with E-state index >= 15 is 0 Å². The van der Waals surface area contributed by atoms with Crippen LogP contribution in [0.1, 0.15) is 20.3 Å². The molecule has 0 fully saturated rings. The van der Waals surface area contributed by atoms with Gasteiger partial charge in [0, 0.05) is 0 Å². The maximum atomic E-state index is 6.45. The van der Waals surface area contributed by atoms with Crippen molar-refractivity contribution in [3.63, 3.8) is 0 Å². The first kappa shape index (κ1) is 14.4. The smallest absolute Gasteiger partial charge is 0.176 e. The summed E-state index contributed by atoms with van der Waals surface area (Å²) in [6, 6.07) is 3.68. The van der Waals surface area contributed by atoms with Crippen LogP contribution in [0.25, 0.3) is 0 Å². The molecular formula is C10H27NOSi2. The lowest BCUT2D eigenvalue weighted by molar-refractivity contribution is 0.528. The van der Waals surface area contributed by atoms with Gasteiger partial charge in [0.25, 0.3) is 0 Å². The lowest BCUT2D eigenvalue weighted by Crippen LogP contribution is -2.45. The molecule has 0 aromatic rings. The zero-order valence-corrected chi connectivity index (χ0v) is 12.5. The summed E-state index contributed by atoms with van der Waals surface area (Å²) in [4.78, 5) is 0. The van der Waals surface area contributed by atoms with Crippen molar-refractivity contribution in [2.75, 3.05) is 6.54 Å². The van der Waals surface area contributed by atoms with Gasteiger partial charge in [0.15, 0.2) is 16.6 Å². The van der Waals surface area contributed by atoms with Crippen molar-refractivity contribution < 1.29 is 4.12 Å². The summed E-state index contributed by atoms with van der Waals surface area (Å²) in [7, 11) is -2.78. The maximum absolute atomic E-state index is 6.45. The Hall–Kier alpha value is 0.354. The molecule has 4 heteroatoms. The van der Waals surface area contributed by atoms with Gasteiger partial charge in [-0.3, -0.25) is 0 Å². The monoisotopic (exact) mass is 233 g/mol. The van der Waals surface area contributed by atoms with Crippen molar-refractivity contribution >= 4 is 16.6 Å². The molecule has 0 saturated carbocycles. The SMILES string of the molecule is CC[Si](C)(C)O[Si](C)(CC)CCCN. The quantitative estimate of drug-likeness (QED) is 0.686. The highest BCUT2D eigenvalue weighted by Crippen LogP contribution is 2.25. The van der Waals surface area contributed by atoms with Crippen molar-refractivity contribution in [3.05, 3.63) is 0 Å². The molecule has 0 amide bonds. The zero-order valence-electron chi connectivity index (χ0n) is 10.5. The third-order valence-electron chi connectivity index (χ3n) is 3.03. The minimum atomic E-state index is -1.42. The molecule has 86 valence electrons. The largest absolute Gasteiger partial charge is 0.455 e. The molecule has 0 aliphatic heterocycles. The van der Waals surface area contributed by atoms with Crippen LogP contribution in [0.2, 0.25) is 37.8 Å². The fraction of sp³-hybridized carbons (Fsp3) is 1.00. The van der Waals surface area contributed by atoms with E-state index in [1.165, 1.54) is 18.1 Å². The van der Waals surface area contributed by atoms with Crippen molar-refractivity contribution in [2.24, 2.45) is 5.73 Å². The van der Waals surface area contributed by atoms with E-state index in [2.05, 4.69) is 33.5 Å². The highest BCUT2D eigenvalue weighted by atomic mass is 28.4. The average molecular weight is 234 g/mol. The summed E-state index contributed by atoms with van der Waals surface area (Å²) in [6.07, 6.45) is 1.13. The number of hydrogen-bond donors (Lipinski definition) is 1. The van der Waals surface area contributed by atoms with E-state index in [9.17, 15) is 0 Å². The van der Waals surface area contributed by atoms with E-state index in [1.807, 2.05) is 0 Å². The molecule has 0 bridgehead atoms. The van der Waals surface area contributed by atoms with Crippen LogP contribution in [0, 0.1) is 0 Å². The van der Waals surface area contributed by atoms with Gasteiger partial charge in [0.2, 0.25) is 0 Å². The van der Waals surface area contributed by atoms with E-state index in [-0.39, 0.29) is 0 Å². The highest BCUT2D eigenvalue weighted by molar-refractivity contribution is 6.85. The predicted molar refractivity (Wildman–Crippen MR) is 69.6 cm³/mol. The Balaban J connectivity index is 4.23. The third-order valence-corrected chi connectivity index (χ3v) is 11.8. The van der Waals surface area contributed by atoms with Gasteiger partial charge < -0.3 is 9.85 Å². The lowest BCUT2D eigenvalue weighted by Gasteiger charge is -2.35. The van der Waals surface area contributed by atoms with Crippen LogP contribution >= 0.6 is 0 Å². The van der Waals surface area contributed by atoms with Gasteiger partial charge in [-0.05, 0) is 50.7 Å². The summed E-state index contributed by atoms with van der Waals surface area (Å²) < 4.78 is 6.45. The molecule has 2 N–H and O–H groups in total. The summed E-state index contributed by atoms with van der Waals surface area (Å²) in [6.45, 7) is 12.3. The van der Waals surface area contributed by atoms with Gasteiger partial charge in [0.1, 0.15) is 0 Å². The van der Waals surface area contributed by atoms with Gasteiger partial charge in [-0.25, -0.2) is 0 Å². The second kappa shape index (κ2) is 6.05. The van der Waals surface area contributed by atoms with E-state index in [4.69, 9.17) is 9.85 Å². The Morgan fingerprint density at radius 2 is 1.64 bits per heavy atom. The Morgan fingerprint density at radius 3 is 2.00 bits per heavy atom. The summed E-state index contributed by atoms with van der Waals surface area (Å²) in [5.41, 5.74) is 5.56. The van der Waals surface area contributed by atoms with Gasteiger partial charge in [-0.1, -0.05) is 13.8 Å². The molecule has 0 rings (SSSR count). The van der Waals surface area contributed by atoms with Crippen LogP contribution in [0.5, 0.6) is 0 Å². The van der Waals surface area contributed by atoms with E-state index in [0.717, 1.165) is 13.0 Å². The third kappa shape index (κ3) is 5.29. The Kier molecular flexibility index (Phi) is 6.20. The van der Waals surface area contributed by atoms with Crippen molar-refractivity contribution in [1.29, 1.82) is 0 Å². The summed E-state index contributed by atoms with van der Waals surface area (Å²) in [5.74, 6) is 0. The second-order valence-corrected chi connectivity index (χ2v) is 14.1. The van der Waals surface area contributed by atoms with Crippen molar-refractivity contribution in [3.8, 4) is 0 Å².